The Morgan fingerprint density at radius 2 is 2.12 bits per heavy atom. The zero-order chi connectivity index (χ0) is 12.3. The van der Waals surface area contributed by atoms with Gasteiger partial charge in [0, 0.05) is 6.54 Å². The highest BCUT2D eigenvalue weighted by atomic mass is 79.9. The standard InChI is InChI=1S/C8H8BrF2N3O2/c1-2-3-13-7(15)6(9)12-14(8(13)16)4-5(10)11/h2,5H,1,3-4H2. The molecule has 0 bridgehead atoms. The van der Waals surface area contributed by atoms with Gasteiger partial charge < -0.3 is 0 Å². The van der Waals surface area contributed by atoms with Crippen molar-refractivity contribution in [2.24, 2.45) is 0 Å². The maximum atomic E-state index is 12.1. The van der Waals surface area contributed by atoms with Gasteiger partial charge >= 0.3 is 5.69 Å². The molecular formula is C8H8BrF2N3O2. The van der Waals surface area contributed by atoms with Gasteiger partial charge in [-0.15, -0.1) is 6.58 Å². The summed E-state index contributed by atoms with van der Waals surface area (Å²) in [5.74, 6) is 0. The van der Waals surface area contributed by atoms with Crippen LogP contribution in [0.1, 0.15) is 0 Å². The van der Waals surface area contributed by atoms with E-state index >= 15 is 0 Å². The van der Waals surface area contributed by atoms with E-state index in [1.54, 1.807) is 0 Å². The SMILES string of the molecule is C=CCn1c(=O)c(Br)nn(CC(F)F)c1=O. The second-order valence-corrected chi connectivity index (χ2v) is 3.60. The predicted octanol–water partition coefficient (Wildman–Crippen LogP) is 0.619. The first-order valence-electron chi connectivity index (χ1n) is 4.24. The Balaban J connectivity index is 3.38. The summed E-state index contributed by atoms with van der Waals surface area (Å²) in [4.78, 5) is 23.0. The van der Waals surface area contributed by atoms with Crippen molar-refractivity contribution in [3.63, 3.8) is 0 Å². The van der Waals surface area contributed by atoms with Crippen LogP contribution >= 0.6 is 15.9 Å². The predicted molar refractivity (Wildman–Crippen MR) is 56.7 cm³/mol. The minimum atomic E-state index is -2.72. The minimum Gasteiger partial charge on any atom is -0.266 e. The maximum absolute atomic E-state index is 12.1. The number of aromatic nitrogens is 3. The molecule has 0 aliphatic heterocycles. The van der Waals surface area contributed by atoms with Crippen molar-refractivity contribution in [1.82, 2.24) is 14.3 Å². The number of allylic oxidation sites excluding steroid dienone is 1. The van der Waals surface area contributed by atoms with Gasteiger partial charge in [0.1, 0.15) is 6.54 Å². The van der Waals surface area contributed by atoms with Crippen LogP contribution in [0.2, 0.25) is 0 Å². The van der Waals surface area contributed by atoms with Crippen LogP contribution in [0.5, 0.6) is 0 Å². The van der Waals surface area contributed by atoms with Crippen molar-refractivity contribution in [2.45, 2.75) is 19.5 Å². The van der Waals surface area contributed by atoms with Gasteiger partial charge in [-0.25, -0.2) is 18.3 Å². The molecule has 0 amide bonds. The average Bonchev–Trinajstić information content (AvgIpc) is 2.20. The third-order valence-corrected chi connectivity index (χ3v) is 2.20. The van der Waals surface area contributed by atoms with E-state index in [4.69, 9.17) is 0 Å². The molecule has 1 aromatic rings. The first-order chi connectivity index (χ1) is 7.47. The first kappa shape index (κ1) is 12.8. The normalized spacial score (nSPS) is 10.8. The van der Waals surface area contributed by atoms with Crippen molar-refractivity contribution in [3.8, 4) is 0 Å². The van der Waals surface area contributed by atoms with Crippen LogP contribution in [0.25, 0.3) is 0 Å². The highest BCUT2D eigenvalue weighted by molar-refractivity contribution is 9.10. The Morgan fingerprint density at radius 1 is 1.50 bits per heavy atom. The minimum absolute atomic E-state index is 0.0535. The molecule has 0 aliphatic carbocycles. The highest BCUT2D eigenvalue weighted by Gasteiger charge is 2.13. The van der Waals surface area contributed by atoms with Crippen molar-refractivity contribution >= 4 is 15.9 Å². The summed E-state index contributed by atoms with van der Waals surface area (Å²) in [6, 6.07) is 0. The smallest absolute Gasteiger partial charge is 0.266 e. The van der Waals surface area contributed by atoms with Crippen LogP contribution in [-0.2, 0) is 13.1 Å². The lowest BCUT2D eigenvalue weighted by Crippen LogP contribution is -2.42. The molecule has 0 radical (unpaired) electrons. The summed E-state index contributed by atoms with van der Waals surface area (Å²) in [7, 11) is 0. The molecule has 0 spiro atoms. The lowest BCUT2D eigenvalue weighted by molar-refractivity contribution is 0.117. The molecule has 0 fully saturated rings. The Kier molecular flexibility index (Phi) is 4.11. The maximum Gasteiger partial charge on any atom is 0.347 e. The number of halogens is 3. The van der Waals surface area contributed by atoms with Crippen LogP contribution in [0.4, 0.5) is 8.78 Å². The van der Waals surface area contributed by atoms with Gasteiger partial charge in [-0.3, -0.25) is 9.36 Å². The van der Waals surface area contributed by atoms with Crippen LogP contribution in [-0.4, -0.2) is 20.8 Å². The molecule has 0 N–H and O–H groups in total. The van der Waals surface area contributed by atoms with Crippen molar-refractivity contribution in [1.29, 1.82) is 0 Å². The zero-order valence-corrected chi connectivity index (χ0v) is 9.65. The highest BCUT2D eigenvalue weighted by Crippen LogP contribution is 1.98. The molecule has 1 heterocycles. The lowest BCUT2D eigenvalue weighted by atomic mass is 10.6. The number of hydrogen-bond acceptors (Lipinski definition) is 3. The summed E-state index contributed by atoms with van der Waals surface area (Å²) in [6.45, 7) is 2.46. The van der Waals surface area contributed by atoms with Gasteiger partial charge in [0.2, 0.25) is 0 Å². The Hall–Kier alpha value is -1.31. The van der Waals surface area contributed by atoms with Crippen molar-refractivity contribution in [2.75, 3.05) is 0 Å². The molecule has 0 atom stereocenters. The number of rotatable bonds is 4. The molecule has 1 rings (SSSR count). The second-order valence-electron chi connectivity index (χ2n) is 2.85. The topological polar surface area (TPSA) is 56.9 Å². The number of hydrogen-bond donors (Lipinski definition) is 0. The lowest BCUT2D eigenvalue weighted by Gasteiger charge is -2.07. The molecule has 0 saturated heterocycles. The summed E-state index contributed by atoms with van der Waals surface area (Å²) >= 11 is 2.81. The molecule has 16 heavy (non-hydrogen) atoms. The molecule has 88 valence electrons. The number of nitrogens with zero attached hydrogens (tertiary/aromatic N) is 3. The van der Waals surface area contributed by atoms with Gasteiger partial charge in [0.15, 0.2) is 4.60 Å². The van der Waals surface area contributed by atoms with E-state index in [-0.39, 0.29) is 11.1 Å². The van der Waals surface area contributed by atoms with Crippen LogP contribution in [0.3, 0.4) is 0 Å². The fraction of sp³-hybridized carbons (Fsp3) is 0.375. The molecule has 5 nitrogen and oxygen atoms in total. The van der Waals surface area contributed by atoms with Gasteiger partial charge in [0.25, 0.3) is 12.0 Å². The molecule has 0 aromatic carbocycles. The average molecular weight is 296 g/mol. The first-order valence-corrected chi connectivity index (χ1v) is 5.03. The van der Waals surface area contributed by atoms with E-state index in [9.17, 15) is 18.4 Å². The summed E-state index contributed by atoms with van der Waals surface area (Å²) in [5.41, 5.74) is -1.55. The van der Waals surface area contributed by atoms with Crippen molar-refractivity contribution < 1.29 is 8.78 Å². The Morgan fingerprint density at radius 3 is 2.62 bits per heavy atom. The van der Waals surface area contributed by atoms with Crippen LogP contribution in [0.15, 0.2) is 26.8 Å². The summed E-state index contributed by atoms with van der Waals surface area (Å²) in [5, 5.41) is 3.43. The second kappa shape index (κ2) is 5.15. The summed E-state index contributed by atoms with van der Waals surface area (Å²) < 4.78 is 25.4. The molecule has 8 heteroatoms. The fourth-order valence-electron chi connectivity index (χ4n) is 1.07. The molecule has 0 aliphatic rings. The van der Waals surface area contributed by atoms with Crippen LogP contribution < -0.4 is 11.2 Å². The van der Waals surface area contributed by atoms with E-state index in [0.29, 0.717) is 4.68 Å². The fourth-order valence-corrected chi connectivity index (χ4v) is 1.47. The third-order valence-electron chi connectivity index (χ3n) is 1.70. The Labute approximate surface area is 97.1 Å². The van der Waals surface area contributed by atoms with E-state index in [2.05, 4.69) is 27.6 Å². The molecule has 0 saturated carbocycles. The Bertz CT molecular complexity index is 509. The van der Waals surface area contributed by atoms with E-state index in [1.807, 2.05) is 0 Å². The van der Waals surface area contributed by atoms with Gasteiger partial charge in [-0.1, -0.05) is 6.08 Å². The van der Waals surface area contributed by atoms with Crippen LogP contribution in [0, 0.1) is 0 Å². The van der Waals surface area contributed by atoms with E-state index in [0.717, 1.165) is 4.57 Å². The van der Waals surface area contributed by atoms with E-state index in [1.165, 1.54) is 6.08 Å². The summed E-state index contributed by atoms with van der Waals surface area (Å²) in [6.07, 6.45) is -1.39. The van der Waals surface area contributed by atoms with Gasteiger partial charge in [0.05, 0.1) is 0 Å². The quantitative estimate of drug-likeness (QED) is 0.765. The molecule has 1 aromatic heterocycles. The molecular weight excluding hydrogens is 288 g/mol. The van der Waals surface area contributed by atoms with E-state index < -0.39 is 24.2 Å². The third kappa shape index (κ3) is 2.63. The van der Waals surface area contributed by atoms with Gasteiger partial charge in [-0.05, 0) is 15.9 Å². The monoisotopic (exact) mass is 295 g/mol. The number of alkyl halides is 2. The van der Waals surface area contributed by atoms with Gasteiger partial charge in [-0.2, -0.15) is 5.10 Å². The largest absolute Gasteiger partial charge is 0.347 e. The molecule has 0 unspecified atom stereocenters. The van der Waals surface area contributed by atoms with Crippen molar-refractivity contribution in [3.05, 3.63) is 38.1 Å². The zero-order valence-electron chi connectivity index (χ0n) is 8.07.